The van der Waals surface area contributed by atoms with Gasteiger partial charge in [0.1, 0.15) is 5.56 Å². The Bertz CT molecular complexity index is 1130. The minimum Gasteiger partial charge on any atom is -0.343 e. The van der Waals surface area contributed by atoms with Crippen molar-refractivity contribution >= 4 is 28.3 Å². The molecule has 1 aliphatic heterocycles. The number of pyridine rings is 1. The predicted octanol–water partition coefficient (Wildman–Crippen LogP) is 3.57. The molecule has 26 heavy (non-hydrogen) atoms. The van der Waals surface area contributed by atoms with Gasteiger partial charge in [-0.05, 0) is 44.0 Å². The van der Waals surface area contributed by atoms with E-state index in [1.54, 1.807) is 36.5 Å². The highest BCUT2D eigenvalue weighted by Gasteiger charge is 2.24. The molecule has 0 saturated heterocycles. The van der Waals surface area contributed by atoms with E-state index in [0.717, 1.165) is 17.5 Å². The quantitative estimate of drug-likeness (QED) is 0.737. The summed E-state index contributed by atoms with van der Waals surface area (Å²) in [5, 5.41) is 3.30. The van der Waals surface area contributed by atoms with Gasteiger partial charge >= 0.3 is 0 Å². The summed E-state index contributed by atoms with van der Waals surface area (Å²) < 4.78 is 2.01. The molecule has 130 valence electrons. The monoisotopic (exact) mass is 346 g/mol. The summed E-state index contributed by atoms with van der Waals surface area (Å²) in [5.74, 6) is -0.549. The molecular formula is C21H18N2O3. The number of nitrogens with zero attached hydrogens (tertiary/aromatic N) is 1. The number of amides is 1. The van der Waals surface area contributed by atoms with Crippen LogP contribution in [-0.2, 0) is 6.42 Å². The second-order valence-electron chi connectivity index (χ2n) is 6.74. The van der Waals surface area contributed by atoms with Crippen molar-refractivity contribution in [3.8, 4) is 0 Å². The van der Waals surface area contributed by atoms with Crippen LogP contribution in [0.4, 0.5) is 5.69 Å². The summed E-state index contributed by atoms with van der Waals surface area (Å²) in [6.07, 6.45) is 2.50. The van der Waals surface area contributed by atoms with Gasteiger partial charge in [-0.3, -0.25) is 14.4 Å². The lowest BCUT2D eigenvalue weighted by molar-refractivity contribution is 0.101. The molecule has 3 aromatic rings. The Balaban J connectivity index is 1.77. The lowest BCUT2D eigenvalue weighted by Gasteiger charge is -2.13. The number of para-hydroxylation sites is 1. The number of benzene rings is 2. The Morgan fingerprint density at radius 2 is 1.92 bits per heavy atom. The summed E-state index contributed by atoms with van der Waals surface area (Å²) in [6, 6.07) is 12.5. The Morgan fingerprint density at radius 1 is 1.15 bits per heavy atom. The number of carbonyl (C=O) groups is 2. The maximum Gasteiger partial charge on any atom is 0.261 e. The van der Waals surface area contributed by atoms with E-state index in [-0.39, 0.29) is 22.8 Å². The molecule has 1 N–H and O–H groups in total. The van der Waals surface area contributed by atoms with Crippen molar-refractivity contribution in [2.75, 3.05) is 5.32 Å². The molecule has 1 unspecified atom stereocenters. The van der Waals surface area contributed by atoms with Gasteiger partial charge in [0.15, 0.2) is 5.78 Å². The van der Waals surface area contributed by atoms with Gasteiger partial charge in [0, 0.05) is 28.9 Å². The zero-order valence-corrected chi connectivity index (χ0v) is 14.6. The molecular weight excluding hydrogens is 328 g/mol. The molecule has 1 amide bonds. The number of nitrogens with one attached hydrogen (secondary N) is 1. The van der Waals surface area contributed by atoms with E-state index in [1.807, 2.05) is 16.7 Å². The maximum atomic E-state index is 12.8. The molecule has 5 nitrogen and oxygen atoms in total. The minimum atomic E-state index is -0.467. The lowest BCUT2D eigenvalue weighted by Crippen LogP contribution is -2.23. The molecule has 1 aliphatic rings. The fourth-order valence-corrected chi connectivity index (χ4v) is 3.59. The third-order valence-electron chi connectivity index (χ3n) is 4.90. The molecule has 0 aliphatic carbocycles. The first-order valence-electron chi connectivity index (χ1n) is 8.55. The van der Waals surface area contributed by atoms with Crippen LogP contribution in [0.15, 0.2) is 53.5 Å². The molecule has 0 saturated carbocycles. The zero-order valence-electron chi connectivity index (χ0n) is 14.6. The third kappa shape index (κ3) is 2.52. The van der Waals surface area contributed by atoms with Crippen LogP contribution in [0.25, 0.3) is 10.9 Å². The number of hydrogen-bond donors (Lipinski definition) is 1. The van der Waals surface area contributed by atoms with Gasteiger partial charge in [-0.25, -0.2) is 0 Å². The number of carbonyl (C=O) groups excluding carboxylic acids is 2. The van der Waals surface area contributed by atoms with Crippen molar-refractivity contribution in [1.29, 1.82) is 0 Å². The topological polar surface area (TPSA) is 68.2 Å². The smallest absolute Gasteiger partial charge is 0.261 e. The summed E-state index contributed by atoms with van der Waals surface area (Å²) >= 11 is 0. The summed E-state index contributed by atoms with van der Waals surface area (Å²) in [6.45, 7) is 3.54. The van der Waals surface area contributed by atoms with Crippen LogP contribution in [-0.4, -0.2) is 16.3 Å². The first-order chi connectivity index (χ1) is 12.5. The predicted molar refractivity (Wildman–Crippen MR) is 101 cm³/mol. The van der Waals surface area contributed by atoms with Crippen LogP contribution in [0.2, 0.25) is 0 Å². The van der Waals surface area contributed by atoms with E-state index in [1.165, 1.54) is 6.92 Å². The van der Waals surface area contributed by atoms with E-state index in [0.29, 0.717) is 16.6 Å². The summed E-state index contributed by atoms with van der Waals surface area (Å²) in [7, 11) is 0. The molecule has 2 aromatic carbocycles. The van der Waals surface area contributed by atoms with Gasteiger partial charge in [-0.2, -0.15) is 0 Å². The van der Waals surface area contributed by atoms with Crippen LogP contribution < -0.4 is 10.7 Å². The van der Waals surface area contributed by atoms with E-state index in [4.69, 9.17) is 0 Å². The van der Waals surface area contributed by atoms with Gasteiger partial charge in [0.05, 0.1) is 5.52 Å². The standard InChI is InChI=1S/C21H18N2O3/c1-12-9-15-6-4-8-17-19(15)23(12)11-18(20(17)25)21(26)22-16-7-3-5-14(10-16)13(2)24/h3-8,10-12H,9H2,1-2H3,(H,22,26). The van der Waals surface area contributed by atoms with Crippen LogP contribution in [0.1, 0.15) is 46.2 Å². The van der Waals surface area contributed by atoms with E-state index in [2.05, 4.69) is 12.2 Å². The largest absolute Gasteiger partial charge is 0.343 e. The first-order valence-corrected chi connectivity index (χ1v) is 8.55. The SMILES string of the molecule is CC(=O)c1cccc(NC(=O)c2cn3c4c(cccc4c2=O)CC3C)c1. The van der Waals surface area contributed by atoms with Crippen molar-refractivity contribution in [1.82, 2.24) is 4.57 Å². The Kier molecular flexibility index (Phi) is 3.72. The summed E-state index contributed by atoms with van der Waals surface area (Å²) in [5.41, 5.74) is 2.89. The average molecular weight is 346 g/mol. The van der Waals surface area contributed by atoms with Crippen molar-refractivity contribution in [2.45, 2.75) is 26.3 Å². The van der Waals surface area contributed by atoms with Crippen molar-refractivity contribution in [3.05, 3.63) is 75.6 Å². The Hall–Kier alpha value is -3.21. The number of Topliss-reactive ketones (excluding diaryl/α,β-unsaturated/α-hetero) is 1. The van der Waals surface area contributed by atoms with Crippen LogP contribution in [0, 0.1) is 0 Å². The van der Waals surface area contributed by atoms with E-state index >= 15 is 0 Å². The fourth-order valence-electron chi connectivity index (χ4n) is 3.59. The molecule has 4 rings (SSSR count). The van der Waals surface area contributed by atoms with Crippen LogP contribution in [0.5, 0.6) is 0 Å². The molecule has 2 heterocycles. The van der Waals surface area contributed by atoms with Gasteiger partial charge in [-0.15, -0.1) is 0 Å². The van der Waals surface area contributed by atoms with Crippen molar-refractivity contribution in [2.24, 2.45) is 0 Å². The number of hydrogen-bond acceptors (Lipinski definition) is 3. The van der Waals surface area contributed by atoms with Crippen molar-refractivity contribution in [3.63, 3.8) is 0 Å². The van der Waals surface area contributed by atoms with Gasteiger partial charge in [0.25, 0.3) is 5.91 Å². The fraction of sp³-hybridized carbons (Fsp3) is 0.190. The van der Waals surface area contributed by atoms with Crippen molar-refractivity contribution < 1.29 is 9.59 Å². The van der Waals surface area contributed by atoms with E-state index < -0.39 is 5.91 Å². The third-order valence-corrected chi connectivity index (χ3v) is 4.90. The highest BCUT2D eigenvalue weighted by Crippen LogP contribution is 2.31. The average Bonchev–Trinajstić information content (AvgIpc) is 2.94. The molecule has 1 aromatic heterocycles. The lowest BCUT2D eigenvalue weighted by atomic mass is 10.1. The van der Waals surface area contributed by atoms with Gasteiger partial charge in [-0.1, -0.05) is 24.3 Å². The molecule has 0 radical (unpaired) electrons. The Morgan fingerprint density at radius 3 is 2.69 bits per heavy atom. The second-order valence-corrected chi connectivity index (χ2v) is 6.74. The maximum absolute atomic E-state index is 12.8. The molecule has 0 spiro atoms. The molecule has 0 bridgehead atoms. The number of aromatic nitrogens is 1. The molecule has 0 fully saturated rings. The second kappa shape index (κ2) is 5.95. The zero-order chi connectivity index (χ0) is 18.4. The molecule has 1 atom stereocenters. The van der Waals surface area contributed by atoms with Crippen LogP contribution in [0.3, 0.4) is 0 Å². The number of ketones is 1. The van der Waals surface area contributed by atoms with E-state index in [9.17, 15) is 14.4 Å². The Labute approximate surface area is 150 Å². The first kappa shape index (κ1) is 16.3. The normalized spacial score (nSPS) is 15.2. The highest BCUT2D eigenvalue weighted by atomic mass is 16.2. The number of anilines is 1. The number of rotatable bonds is 3. The van der Waals surface area contributed by atoms with Gasteiger partial charge in [0.2, 0.25) is 5.43 Å². The molecule has 5 heteroatoms. The minimum absolute atomic E-state index is 0.0820. The highest BCUT2D eigenvalue weighted by molar-refractivity contribution is 6.06. The van der Waals surface area contributed by atoms with Gasteiger partial charge < -0.3 is 9.88 Å². The van der Waals surface area contributed by atoms with Crippen LogP contribution >= 0.6 is 0 Å². The summed E-state index contributed by atoms with van der Waals surface area (Å²) in [4.78, 5) is 37.1.